The van der Waals surface area contributed by atoms with Gasteiger partial charge in [0.15, 0.2) is 9.84 Å². The van der Waals surface area contributed by atoms with Gasteiger partial charge in [-0.1, -0.05) is 29.8 Å². The predicted octanol–water partition coefficient (Wildman–Crippen LogP) is 4.75. The van der Waals surface area contributed by atoms with Crippen molar-refractivity contribution in [2.24, 2.45) is 0 Å². The quantitative estimate of drug-likeness (QED) is 0.513. The predicted molar refractivity (Wildman–Crippen MR) is 136 cm³/mol. The Labute approximate surface area is 209 Å². The van der Waals surface area contributed by atoms with E-state index in [0.717, 1.165) is 0 Å². The molecule has 0 spiro atoms. The van der Waals surface area contributed by atoms with Gasteiger partial charge in [0.1, 0.15) is 11.9 Å². The van der Waals surface area contributed by atoms with Crippen molar-refractivity contribution in [3.63, 3.8) is 0 Å². The summed E-state index contributed by atoms with van der Waals surface area (Å²) in [6, 6.07) is 15.9. The third-order valence-corrected chi connectivity index (χ3v) is 7.23. The molecule has 1 atom stereocenters. The third-order valence-electron chi connectivity index (χ3n) is 5.83. The summed E-state index contributed by atoms with van der Waals surface area (Å²) >= 11 is 5.89. The van der Waals surface area contributed by atoms with E-state index in [-0.39, 0.29) is 16.8 Å². The first-order valence-corrected chi connectivity index (χ1v) is 13.3. The summed E-state index contributed by atoms with van der Waals surface area (Å²) < 4.78 is 24.4. The zero-order chi connectivity index (χ0) is 25.2. The highest BCUT2D eigenvalue weighted by Crippen LogP contribution is 2.30. The number of likely N-dealkylation sites (tertiary alicyclic amines) is 1. The molecular formula is C25H25ClN4O4S. The standard InChI is InChI=1S/C25H25ClN4O4S/c1-16-19(20-6-3-4-8-22(20)35(2,33)34)13-14-23(27-16)29-24(31)21-7-5-15-30(21)25(32)28-18-11-9-17(26)10-12-18/h3-4,6,8-14,21H,5,7,15H2,1-2H3,(H,28,32)(H,27,29,31). The van der Waals surface area contributed by atoms with Gasteiger partial charge in [0.2, 0.25) is 5.91 Å². The number of hydrogen-bond donors (Lipinski definition) is 2. The van der Waals surface area contributed by atoms with Crippen molar-refractivity contribution in [1.82, 2.24) is 9.88 Å². The van der Waals surface area contributed by atoms with E-state index in [1.807, 2.05) is 0 Å². The second-order valence-corrected chi connectivity index (χ2v) is 10.8. The second-order valence-electron chi connectivity index (χ2n) is 8.38. The summed E-state index contributed by atoms with van der Waals surface area (Å²) in [4.78, 5) is 32.0. The highest BCUT2D eigenvalue weighted by Gasteiger charge is 2.34. The van der Waals surface area contributed by atoms with E-state index in [1.165, 1.54) is 11.2 Å². The summed E-state index contributed by atoms with van der Waals surface area (Å²) in [6.45, 7) is 2.22. The molecule has 3 amide bonds. The number of sulfone groups is 1. The van der Waals surface area contributed by atoms with Crippen LogP contribution in [0.4, 0.5) is 16.3 Å². The van der Waals surface area contributed by atoms with Crippen LogP contribution in [0.25, 0.3) is 11.1 Å². The number of carbonyl (C=O) groups is 2. The lowest BCUT2D eigenvalue weighted by Gasteiger charge is -2.24. The Hall–Kier alpha value is -3.43. The maximum Gasteiger partial charge on any atom is 0.322 e. The van der Waals surface area contributed by atoms with Gasteiger partial charge in [0.25, 0.3) is 0 Å². The van der Waals surface area contributed by atoms with Crippen molar-refractivity contribution in [1.29, 1.82) is 0 Å². The van der Waals surface area contributed by atoms with Crippen LogP contribution in [0.1, 0.15) is 18.5 Å². The van der Waals surface area contributed by atoms with Gasteiger partial charge in [0, 0.05) is 40.3 Å². The molecule has 0 bridgehead atoms. The summed E-state index contributed by atoms with van der Waals surface area (Å²) in [6.07, 6.45) is 2.41. The van der Waals surface area contributed by atoms with Crippen LogP contribution in [0.2, 0.25) is 5.02 Å². The van der Waals surface area contributed by atoms with Crippen LogP contribution in [-0.2, 0) is 14.6 Å². The third kappa shape index (κ3) is 5.63. The van der Waals surface area contributed by atoms with E-state index in [1.54, 1.807) is 67.6 Å². The largest absolute Gasteiger partial charge is 0.322 e. The van der Waals surface area contributed by atoms with E-state index in [0.29, 0.717) is 52.7 Å². The van der Waals surface area contributed by atoms with E-state index < -0.39 is 15.9 Å². The number of nitrogens with one attached hydrogen (secondary N) is 2. The molecule has 1 saturated heterocycles. The van der Waals surface area contributed by atoms with Crippen molar-refractivity contribution < 1.29 is 18.0 Å². The number of urea groups is 1. The molecule has 8 nitrogen and oxygen atoms in total. The Balaban J connectivity index is 1.49. The van der Waals surface area contributed by atoms with Crippen molar-refractivity contribution in [2.75, 3.05) is 23.4 Å². The first-order chi connectivity index (χ1) is 16.6. The Kier molecular flexibility index (Phi) is 7.09. The second kappa shape index (κ2) is 10.1. The van der Waals surface area contributed by atoms with Crippen molar-refractivity contribution in [2.45, 2.75) is 30.7 Å². The molecule has 35 heavy (non-hydrogen) atoms. The van der Waals surface area contributed by atoms with Crippen LogP contribution >= 0.6 is 11.6 Å². The van der Waals surface area contributed by atoms with Crippen molar-refractivity contribution >= 4 is 44.9 Å². The summed E-state index contributed by atoms with van der Waals surface area (Å²) in [7, 11) is -3.43. The first kappa shape index (κ1) is 24.7. The number of pyridine rings is 1. The van der Waals surface area contributed by atoms with Crippen LogP contribution in [0.5, 0.6) is 0 Å². The zero-order valence-electron chi connectivity index (χ0n) is 19.3. The van der Waals surface area contributed by atoms with E-state index >= 15 is 0 Å². The number of anilines is 2. The number of aromatic nitrogens is 1. The highest BCUT2D eigenvalue weighted by atomic mass is 35.5. The molecule has 2 N–H and O–H groups in total. The van der Waals surface area contributed by atoms with Gasteiger partial charge >= 0.3 is 6.03 Å². The Morgan fingerprint density at radius 2 is 1.71 bits per heavy atom. The molecule has 1 unspecified atom stereocenters. The Bertz CT molecular complexity index is 1380. The summed E-state index contributed by atoms with van der Waals surface area (Å²) in [5.41, 5.74) is 2.38. The van der Waals surface area contributed by atoms with Gasteiger partial charge in [-0.05, 0) is 62.2 Å². The number of aryl methyl sites for hydroxylation is 1. The van der Waals surface area contributed by atoms with Gasteiger partial charge < -0.3 is 15.5 Å². The number of hydrogen-bond acceptors (Lipinski definition) is 5. The van der Waals surface area contributed by atoms with Crippen LogP contribution in [-0.4, -0.2) is 49.1 Å². The molecule has 4 rings (SSSR count). The minimum atomic E-state index is -3.43. The van der Waals surface area contributed by atoms with E-state index in [4.69, 9.17) is 11.6 Å². The molecule has 0 radical (unpaired) electrons. The SMILES string of the molecule is Cc1nc(NC(=O)C2CCCN2C(=O)Nc2ccc(Cl)cc2)ccc1-c1ccccc1S(C)(=O)=O. The van der Waals surface area contributed by atoms with E-state index in [9.17, 15) is 18.0 Å². The normalized spacial score (nSPS) is 15.6. The minimum absolute atomic E-state index is 0.218. The molecule has 1 aliphatic heterocycles. The van der Waals surface area contributed by atoms with Crippen molar-refractivity contribution in [3.8, 4) is 11.1 Å². The van der Waals surface area contributed by atoms with Gasteiger partial charge in [-0.2, -0.15) is 0 Å². The van der Waals surface area contributed by atoms with E-state index in [2.05, 4.69) is 15.6 Å². The van der Waals surface area contributed by atoms with Crippen LogP contribution in [0.15, 0.2) is 65.6 Å². The number of carbonyl (C=O) groups excluding carboxylic acids is 2. The number of amides is 3. The minimum Gasteiger partial charge on any atom is -0.312 e. The summed E-state index contributed by atoms with van der Waals surface area (Å²) in [5, 5.41) is 6.16. The van der Waals surface area contributed by atoms with Crippen molar-refractivity contribution in [3.05, 3.63) is 71.4 Å². The molecule has 2 aromatic carbocycles. The Morgan fingerprint density at radius 1 is 1.00 bits per heavy atom. The molecule has 10 heteroatoms. The summed E-state index contributed by atoms with van der Waals surface area (Å²) in [5.74, 6) is 0.00277. The fourth-order valence-corrected chi connectivity index (χ4v) is 5.18. The smallest absolute Gasteiger partial charge is 0.312 e. The molecule has 2 heterocycles. The maximum absolute atomic E-state index is 13.0. The molecule has 182 valence electrons. The average molecular weight is 513 g/mol. The van der Waals surface area contributed by atoms with Crippen LogP contribution in [0.3, 0.4) is 0 Å². The lowest BCUT2D eigenvalue weighted by atomic mass is 10.0. The van der Waals surface area contributed by atoms with Crippen LogP contribution in [0, 0.1) is 6.92 Å². The number of halogens is 1. The lowest BCUT2D eigenvalue weighted by Crippen LogP contribution is -2.45. The lowest BCUT2D eigenvalue weighted by molar-refractivity contribution is -0.119. The fraction of sp³-hybridized carbons (Fsp3) is 0.240. The monoisotopic (exact) mass is 512 g/mol. The number of benzene rings is 2. The van der Waals surface area contributed by atoms with Gasteiger partial charge in [-0.3, -0.25) is 4.79 Å². The average Bonchev–Trinajstić information content (AvgIpc) is 3.31. The van der Waals surface area contributed by atoms with Gasteiger partial charge in [-0.15, -0.1) is 0 Å². The maximum atomic E-state index is 13.0. The zero-order valence-corrected chi connectivity index (χ0v) is 20.9. The molecular weight excluding hydrogens is 488 g/mol. The number of rotatable bonds is 5. The fourth-order valence-electron chi connectivity index (χ4n) is 4.15. The van der Waals surface area contributed by atoms with Gasteiger partial charge in [-0.25, -0.2) is 18.2 Å². The topological polar surface area (TPSA) is 108 Å². The van der Waals surface area contributed by atoms with Gasteiger partial charge in [0.05, 0.1) is 4.90 Å². The number of nitrogens with zero attached hydrogens (tertiary/aromatic N) is 2. The Morgan fingerprint density at radius 3 is 2.40 bits per heavy atom. The first-order valence-electron chi connectivity index (χ1n) is 11.0. The molecule has 0 aliphatic carbocycles. The molecule has 1 fully saturated rings. The molecule has 1 aliphatic rings. The molecule has 3 aromatic rings. The molecule has 1 aromatic heterocycles. The molecule has 0 saturated carbocycles. The highest BCUT2D eigenvalue weighted by molar-refractivity contribution is 7.90. The van der Waals surface area contributed by atoms with Crippen LogP contribution < -0.4 is 10.6 Å².